The van der Waals surface area contributed by atoms with Crippen LogP contribution in [0.4, 0.5) is 5.69 Å². The summed E-state index contributed by atoms with van der Waals surface area (Å²) in [5, 5.41) is 6.90. The van der Waals surface area contributed by atoms with Gasteiger partial charge < -0.3 is 19.5 Å². The number of anilines is 1. The van der Waals surface area contributed by atoms with E-state index in [0.29, 0.717) is 34.6 Å². The first-order chi connectivity index (χ1) is 15.2. The smallest absolute Gasteiger partial charge is 0.262 e. The molecule has 1 N–H and O–H groups in total. The first-order valence-electron chi connectivity index (χ1n) is 9.36. The van der Waals surface area contributed by atoms with Gasteiger partial charge in [0.1, 0.15) is 23.6 Å². The normalized spacial score (nSPS) is 10.4. The highest BCUT2D eigenvalue weighted by Gasteiger charge is 2.07. The highest BCUT2D eigenvalue weighted by Crippen LogP contribution is 2.22. The van der Waals surface area contributed by atoms with Gasteiger partial charge in [0.15, 0.2) is 12.4 Å². The Bertz CT molecular complexity index is 1150. The number of hydrogen-bond donors (Lipinski definition) is 1. The maximum absolute atomic E-state index is 12.1. The van der Waals surface area contributed by atoms with Crippen LogP contribution < -0.4 is 19.5 Å². The van der Waals surface area contributed by atoms with Crippen molar-refractivity contribution < 1.29 is 19.0 Å². The molecule has 4 aromatic rings. The van der Waals surface area contributed by atoms with E-state index in [9.17, 15) is 4.79 Å². The van der Waals surface area contributed by atoms with Gasteiger partial charge in [-0.15, -0.1) is 0 Å². The maximum atomic E-state index is 12.1. The van der Waals surface area contributed by atoms with Gasteiger partial charge in [0.05, 0.1) is 7.11 Å². The second-order valence-corrected chi connectivity index (χ2v) is 6.31. The van der Waals surface area contributed by atoms with Crippen molar-refractivity contribution in [2.45, 2.75) is 0 Å². The summed E-state index contributed by atoms with van der Waals surface area (Å²) in [7, 11) is 1.57. The lowest BCUT2D eigenvalue weighted by atomic mass is 10.3. The molecule has 4 rings (SSSR count). The number of nitrogens with zero attached hydrogens (tertiary/aromatic N) is 4. The molecule has 0 radical (unpaired) electrons. The largest absolute Gasteiger partial charge is 0.497 e. The van der Waals surface area contributed by atoms with Gasteiger partial charge in [-0.2, -0.15) is 5.10 Å². The molecule has 0 unspecified atom stereocenters. The van der Waals surface area contributed by atoms with E-state index in [1.54, 1.807) is 84.8 Å². The van der Waals surface area contributed by atoms with Gasteiger partial charge in [-0.1, -0.05) is 6.07 Å². The van der Waals surface area contributed by atoms with Crippen molar-refractivity contribution in [1.29, 1.82) is 0 Å². The van der Waals surface area contributed by atoms with E-state index in [1.165, 1.54) is 6.33 Å². The molecular formula is C22H19N5O4. The third-order valence-corrected chi connectivity index (χ3v) is 4.14. The first kappa shape index (κ1) is 19.9. The SMILES string of the molecule is COc1cccc(OCC(=O)Nc2ccc(Oc3cc(-n4cccn4)ncn3)cc2)c1. The third-order valence-electron chi connectivity index (χ3n) is 4.14. The molecule has 9 nitrogen and oxygen atoms in total. The van der Waals surface area contributed by atoms with Crippen molar-refractivity contribution in [2.75, 3.05) is 19.0 Å². The highest BCUT2D eigenvalue weighted by molar-refractivity contribution is 5.91. The zero-order valence-corrected chi connectivity index (χ0v) is 16.6. The average Bonchev–Trinajstić information content (AvgIpc) is 3.35. The standard InChI is InChI=1S/C22H19N5O4/c1-29-18-4-2-5-19(12-18)30-14-21(28)26-16-6-8-17(9-7-16)31-22-13-20(23-15-24-22)27-11-3-10-25-27/h2-13,15H,14H2,1H3,(H,26,28). The van der Waals surface area contributed by atoms with Gasteiger partial charge in [0, 0.05) is 30.2 Å². The Hall–Kier alpha value is -4.40. The van der Waals surface area contributed by atoms with Crippen molar-refractivity contribution in [3.05, 3.63) is 79.4 Å². The molecule has 0 saturated heterocycles. The van der Waals surface area contributed by atoms with Crippen molar-refractivity contribution >= 4 is 11.6 Å². The first-order valence-corrected chi connectivity index (χ1v) is 9.36. The van der Waals surface area contributed by atoms with Crippen molar-refractivity contribution in [3.63, 3.8) is 0 Å². The number of methoxy groups -OCH3 is 1. The van der Waals surface area contributed by atoms with Gasteiger partial charge in [-0.3, -0.25) is 4.79 Å². The summed E-state index contributed by atoms with van der Waals surface area (Å²) in [6.07, 6.45) is 4.85. The molecule has 1 amide bonds. The monoisotopic (exact) mass is 417 g/mol. The lowest BCUT2D eigenvalue weighted by molar-refractivity contribution is -0.118. The van der Waals surface area contributed by atoms with Crippen molar-refractivity contribution in [2.24, 2.45) is 0 Å². The summed E-state index contributed by atoms with van der Waals surface area (Å²) in [4.78, 5) is 20.4. The van der Waals surface area contributed by atoms with Crippen LogP contribution in [0.3, 0.4) is 0 Å². The summed E-state index contributed by atoms with van der Waals surface area (Å²) in [6, 6.07) is 17.5. The molecule has 0 spiro atoms. The molecule has 9 heteroatoms. The van der Waals surface area contributed by atoms with E-state index < -0.39 is 0 Å². The summed E-state index contributed by atoms with van der Waals surface area (Å²) >= 11 is 0. The second kappa shape index (κ2) is 9.40. The Kier molecular flexibility index (Phi) is 6.03. The van der Waals surface area contributed by atoms with Gasteiger partial charge in [0.2, 0.25) is 5.88 Å². The lowest BCUT2D eigenvalue weighted by Crippen LogP contribution is -2.20. The van der Waals surface area contributed by atoms with E-state index in [-0.39, 0.29) is 12.5 Å². The predicted octanol–water partition coefficient (Wildman–Crippen LogP) is 3.48. The fourth-order valence-corrected chi connectivity index (χ4v) is 2.68. The lowest BCUT2D eigenvalue weighted by Gasteiger charge is -2.10. The van der Waals surface area contributed by atoms with Gasteiger partial charge >= 0.3 is 0 Å². The molecule has 0 saturated carbocycles. The average molecular weight is 417 g/mol. The topological polar surface area (TPSA) is 100 Å². The molecule has 31 heavy (non-hydrogen) atoms. The zero-order chi connectivity index (χ0) is 21.5. The fourth-order valence-electron chi connectivity index (χ4n) is 2.68. The minimum absolute atomic E-state index is 0.122. The Labute approximate surface area is 178 Å². The number of carbonyl (C=O) groups is 1. The van der Waals surface area contributed by atoms with Crippen LogP contribution >= 0.6 is 0 Å². The molecule has 2 aromatic heterocycles. The summed E-state index contributed by atoms with van der Waals surface area (Å²) in [6.45, 7) is -0.122. The van der Waals surface area contributed by atoms with Crippen LogP contribution in [0.1, 0.15) is 0 Å². The Morgan fingerprint density at radius 3 is 2.61 bits per heavy atom. The molecule has 0 aliphatic rings. The third kappa shape index (κ3) is 5.36. The van der Waals surface area contributed by atoms with E-state index in [1.807, 2.05) is 0 Å². The molecule has 0 bridgehead atoms. The van der Waals surface area contributed by atoms with E-state index >= 15 is 0 Å². The van der Waals surface area contributed by atoms with Gasteiger partial charge in [-0.05, 0) is 42.5 Å². The van der Waals surface area contributed by atoms with Crippen molar-refractivity contribution in [3.8, 4) is 28.9 Å². The van der Waals surface area contributed by atoms with Crippen molar-refractivity contribution in [1.82, 2.24) is 19.7 Å². The number of amides is 1. The van der Waals surface area contributed by atoms with E-state index in [0.717, 1.165) is 0 Å². The van der Waals surface area contributed by atoms with E-state index in [4.69, 9.17) is 14.2 Å². The Balaban J connectivity index is 1.32. The molecule has 156 valence electrons. The van der Waals surface area contributed by atoms with E-state index in [2.05, 4.69) is 20.4 Å². The van der Waals surface area contributed by atoms with Crippen LogP contribution in [0.15, 0.2) is 79.4 Å². The summed E-state index contributed by atoms with van der Waals surface area (Å²) in [5.74, 6) is 2.47. The number of aromatic nitrogens is 4. The van der Waals surface area contributed by atoms with Crippen LogP contribution in [0.25, 0.3) is 5.82 Å². The van der Waals surface area contributed by atoms with Gasteiger partial charge in [0.25, 0.3) is 5.91 Å². The number of rotatable bonds is 8. The fraction of sp³-hybridized carbons (Fsp3) is 0.0909. The number of benzene rings is 2. The molecule has 2 aromatic carbocycles. The molecule has 0 aliphatic heterocycles. The van der Waals surface area contributed by atoms with Crippen LogP contribution in [0, 0.1) is 0 Å². The molecule has 0 fully saturated rings. The minimum Gasteiger partial charge on any atom is -0.497 e. The van der Waals surface area contributed by atoms with Gasteiger partial charge in [-0.25, -0.2) is 14.6 Å². The molecule has 0 aliphatic carbocycles. The predicted molar refractivity (Wildman–Crippen MR) is 113 cm³/mol. The molecule has 2 heterocycles. The summed E-state index contributed by atoms with van der Waals surface area (Å²) < 4.78 is 18.0. The van der Waals surface area contributed by atoms with Crippen LogP contribution in [0.5, 0.6) is 23.1 Å². The zero-order valence-electron chi connectivity index (χ0n) is 16.6. The maximum Gasteiger partial charge on any atom is 0.262 e. The molecular weight excluding hydrogens is 398 g/mol. The quantitative estimate of drug-likeness (QED) is 0.468. The highest BCUT2D eigenvalue weighted by atomic mass is 16.5. The number of carbonyl (C=O) groups excluding carboxylic acids is 1. The Morgan fingerprint density at radius 1 is 1.00 bits per heavy atom. The second-order valence-electron chi connectivity index (χ2n) is 6.31. The minimum atomic E-state index is -0.281. The summed E-state index contributed by atoms with van der Waals surface area (Å²) in [5.41, 5.74) is 0.617. The Morgan fingerprint density at radius 2 is 1.84 bits per heavy atom. The van der Waals surface area contributed by atoms with Crippen LogP contribution in [-0.4, -0.2) is 39.4 Å². The van der Waals surface area contributed by atoms with Crippen LogP contribution in [0.2, 0.25) is 0 Å². The number of nitrogens with one attached hydrogen (secondary N) is 1. The number of hydrogen-bond acceptors (Lipinski definition) is 7. The number of ether oxygens (including phenoxy) is 3. The van der Waals surface area contributed by atoms with Crippen LogP contribution in [-0.2, 0) is 4.79 Å². The molecule has 0 atom stereocenters.